The number of carbonyl (C=O) groups excluding carboxylic acids is 3. The fourth-order valence-electron chi connectivity index (χ4n) is 7.03. The van der Waals surface area contributed by atoms with E-state index in [-0.39, 0.29) is 28.9 Å². The number of nitrogens with zero attached hydrogens (tertiary/aromatic N) is 2. The average molecular weight is 698 g/mol. The summed E-state index contributed by atoms with van der Waals surface area (Å²) in [6, 6.07) is 4.11. The number of rotatable bonds is 7. The lowest BCUT2D eigenvalue weighted by atomic mass is 9.81. The molecule has 3 N–H and O–H groups in total. The van der Waals surface area contributed by atoms with E-state index >= 15 is 13.2 Å². The summed E-state index contributed by atoms with van der Waals surface area (Å²) in [5.74, 6) is -10.7. The average Bonchev–Trinajstić information content (AvgIpc) is 2.95. The van der Waals surface area contributed by atoms with Crippen LogP contribution in [0.5, 0.6) is 0 Å². The first-order chi connectivity index (χ1) is 22.5. The second-order valence-corrected chi connectivity index (χ2v) is 15.2. The van der Waals surface area contributed by atoms with E-state index in [1.54, 1.807) is 18.7 Å². The quantitative estimate of drug-likeness (QED) is 0.288. The second-order valence-electron chi connectivity index (χ2n) is 15.2. The molecule has 0 saturated carbocycles. The zero-order valence-electron chi connectivity index (χ0n) is 29.0. The molecular weight excluding hydrogens is 652 g/mol. The lowest BCUT2D eigenvalue weighted by Gasteiger charge is -2.44. The van der Waals surface area contributed by atoms with Gasteiger partial charge in [0.25, 0.3) is 5.91 Å². The maximum Gasteiger partial charge on any atom is 0.393 e. The first-order valence-electron chi connectivity index (χ1n) is 16.2. The topological polar surface area (TPSA) is 93.8 Å². The Hall–Kier alpha value is -3.81. The predicted molar refractivity (Wildman–Crippen MR) is 176 cm³/mol. The predicted octanol–water partition coefficient (Wildman–Crippen LogP) is 6.50. The summed E-state index contributed by atoms with van der Waals surface area (Å²) in [7, 11) is 1.92. The van der Waals surface area contributed by atoms with Crippen molar-refractivity contribution in [2.45, 2.75) is 85.1 Å². The van der Waals surface area contributed by atoms with Gasteiger partial charge in [0, 0.05) is 54.8 Å². The van der Waals surface area contributed by atoms with Crippen LogP contribution in [0.2, 0.25) is 0 Å². The number of alkyl halides is 3. The van der Waals surface area contributed by atoms with Crippen LogP contribution in [0.1, 0.15) is 71.7 Å². The Morgan fingerprint density at radius 3 is 2.12 bits per heavy atom. The molecule has 0 aliphatic carbocycles. The van der Waals surface area contributed by atoms with E-state index in [0.29, 0.717) is 19.5 Å². The first kappa shape index (κ1) is 38.0. The maximum atomic E-state index is 15.9. The molecule has 4 rings (SSSR count). The number of piperidine rings is 1. The van der Waals surface area contributed by atoms with Crippen LogP contribution >= 0.6 is 0 Å². The standard InChI is InChI=1S/C35H45F6N5O3/c1-18-15-46(16-19(2)45(18)8)27-13-25(36)22(11-26(27)43-31(48)23-14-42-28(47)12-24(23)35(39,40)41)20-9-10-21(30(38)29(20)37)32(49)44-34(6,7)17-33(3,4)5/h9-11,13,18-19,23-24H,12,14-17H2,1-8H3,(H,42,47)(H,43,48)(H,44,49)/t18-,19+,23?,24?. The number of amides is 3. The van der Waals surface area contributed by atoms with Gasteiger partial charge in [0.15, 0.2) is 11.6 Å². The number of likely N-dealkylation sites (N-methyl/N-ethyl adjacent to an activating group) is 1. The van der Waals surface area contributed by atoms with Crippen molar-refractivity contribution >= 4 is 29.1 Å². The van der Waals surface area contributed by atoms with Crippen LogP contribution in [-0.4, -0.2) is 73.1 Å². The van der Waals surface area contributed by atoms with Crippen LogP contribution in [0, 0.1) is 34.7 Å². The summed E-state index contributed by atoms with van der Waals surface area (Å²) < 4.78 is 88.8. The Labute approximate surface area is 283 Å². The van der Waals surface area contributed by atoms with E-state index in [4.69, 9.17) is 0 Å². The summed E-state index contributed by atoms with van der Waals surface area (Å²) in [4.78, 5) is 42.1. The molecule has 2 heterocycles. The smallest absolute Gasteiger partial charge is 0.367 e. The van der Waals surface area contributed by atoms with Gasteiger partial charge in [-0.1, -0.05) is 26.8 Å². The van der Waals surface area contributed by atoms with Crippen molar-refractivity contribution < 1.29 is 40.7 Å². The second kappa shape index (κ2) is 13.8. The fraction of sp³-hybridized carbons (Fsp3) is 0.571. The number of hydrogen-bond donors (Lipinski definition) is 3. The summed E-state index contributed by atoms with van der Waals surface area (Å²) >= 11 is 0. The number of hydrogen-bond acceptors (Lipinski definition) is 5. The molecule has 49 heavy (non-hydrogen) atoms. The Morgan fingerprint density at radius 2 is 1.55 bits per heavy atom. The molecule has 2 saturated heterocycles. The molecular formula is C35H45F6N5O3. The van der Waals surface area contributed by atoms with Crippen molar-refractivity contribution in [2.75, 3.05) is 36.9 Å². The molecule has 0 radical (unpaired) electrons. The normalized spacial score (nSPS) is 22.5. The van der Waals surface area contributed by atoms with Gasteiger partial charge < -0.3 is 20.9 Å². The monoisotopic (exact) mass is 697 g/mol. The van der Waals surface area contributed by atoms with Crippen LogP contribution in [-0.2, 0) is 9.59 Å². The van der Waals surface area contributed by atoms with E-state index in [1.165, 1.54) is 0 Å². The maximum absolute atomic E-state index is 15.9. The van der Waals surface area contributed by atoms with E-state index < -0.39 is 88.4 Å². The molecule has 270 valence electrons. The van der Waals surface area contributed by atoms with Gasteiger partial charge in [-0.25, -0.2) is 13.2 Å². The summed E-state index contributed by atoms with van der Waals surface area (Å²) in [5.41, 5.74) is -2.55. The number of nitrogens with one attached hydrogen (secondary N) is 3. The molecule has 2 aliphatic heterocycles. The molecule has 3 amide bonds. The Balaban J connectivity index is 1.76. The Kier molecular flexibility index (Phi) is 10.7. The molecule has 14 heteroatoms. The van der Waals surface area contributed by atoms with Gasteiger partial charge >= 0.3 is 6.18 Å². The minimum absolute atomic E-state index is 0.0307. The number of carbonyl (C=O) groups is 3. The highest BCUT2D eigenvalue weighted by Gasteiger charge is 2.50. The van der Waals surface area contributed by atoms with Crippen LogP contribution in [0.25, 0.3) is 11.1 Å². The van der Waals surface area contributed by atoms with Gasteiger partial charge in [-0.05, 0) is 64.8 Å². The number of benzene rings is 2. The van der Waals surface area contributed by atoms with Gasteiger partial charge in [0.1, 0.15) is 5.82 Å². The highest BCUT2D eigenvalue weighted by atomic mass is 19.4. The Bertz CT molecular complexity index is 1590. The summed E-state index contributed by atoms with van der Waals surface area (Å²) in [6.07, 6.45) is -5.26. The molecule has 0 spiro atoms. The highest BCUT2D eigenvalue weighted by Crippen LogP contribution is 2.40. The number of anilines is 2. The van der Waals surface area contributed by atoms with Gasteiger partial charge in [0.2, 0.25) is 11.8 Å². The van der Waals surface area contributed by atoms with E-state index in [0.717, 1.165) is 24.3 Å². The Morgan fingerprint density at radius 1 is 0.939 bits per heavy atom. The summed E-state index contributed by atoms with van der Waals surface area (Å²) in [5, 5.41) is 7.50. The lowest BCUT2D eigenvalue weighted by molar-refractivity contribution is -0.197. The summed E-state index contributed by atoms with van der Waals surface area (Å²) in [6.45, 7) is 13.5. The zero-order valence-corrected chi connectivity index (χ0v) is 29.0. The van der Waals surface area contributed by atoms with Crippen molar-refractivity contribution in [3.63, 3.8) is 0 Å². The van der Waals surface area contributed by atoms with Crippen molar-refractivity contribution in [1.82, 2.24) is 15.5 Å². The third kappa shape index (κ3) is 8.68. The van der Waals surface area contributed by atoms with Crippen molar-refractivity contribution in [1.29, 1.82) is 0 Å². The molecule has 0 aromatic heterocycles. The molecule has 2 aromatic rings. The molecule has 8 nitrogen and oxygen atoms in total. The molecule has 0 bridgehead atoms. The molecule has 2 aliphatic rings. The number of halogens is 6. The SMILES string of the molecule is C[C@@H]1CN(c2cc(F)c(-c3ccc(C(=O)NC(C)(C)CC(C)(C)C)c(F)c3F)cc2NC(=O)C2CNC(=O)CC2C(F)(F)F)C[C@H](C)N1C. The van der Waals surface area contributed by atoms with Crippen LogP contribution in [0.4, 0.5) is 37.7 Å². The third-order valence-corrected chi connectivity index (χ3v) is 9.25. The van der Waals surface area contributed by atoms with Gasteiger partial charge in [-0.2, -0.15) is 13.2 Å². The minimum atomic E-state index is -4.85. The lowest BCUT2D eigenvalue weighted by Crippen LogP contribution is -2.55. The molecule has 4 atom stereocenters. The highest BCUT2D eigenvalue weighted by molar-refractivity contribution is 5.99. The van der Waals surface area contributed by atoms with Crippen LogP contribution < -0.4 is 20.9 Å². The van der Waals surface area contributed by atoms with Crippen LogP contribution in [0.3, 0.4) is 0 Å². The molecule has 2 unspecified atom stereocenters. The van der Waals surface area contributed by atoms with Crippen molar-refractivity contribution in [3.8, 4) is 11.1 Å². The van der Waals surface area contributed by atoms with Crippen molar-refractivity contribution in [3.05, 3.63) is 47.3 Å². The molecule has 2 fully saturated rings. The van der Waals surface area contributed by atoms with Gasteiger partial charge in [-0.3, -0.25) is 19.3 Å². The van der Waals surface area contributed by atoms with Crippen molar-refractivity contribution in [2.24, 2.45) is 17.3 Å². The van der Waals surface area contributed by atoms with E-state index in [2.05, 4.69) is 20.9 Å². The van der Waals surface area contributed by atoms with Gasteiger partial charge in [-0.15, -0.1) is 0 Å². The largest absolute Gasteiger partial charge is 0.393 e. The zero-order chi connectivity index (χ0) is 36.8. The fourth-order valence-corrected chi connectivity index (χ4v) is 7.03. The van der Waals surface area contributed by atoms with E-state index in [1.807, 2.05) is 41.7 Å². The van der Waals surface area contributed by atoms with Crippen LogP contribution in [0.15, 0.2) is 24.3 Å². The third-order valence-electron chi connectivity index (χ3n) is 9.25. The van der Waals surface area contributed by atoms with E-state index in [9.17, 15) is 27.6 Å². The minimum Gasteiger partial charge on any atom is -0.367 e. The molecule has 2 aromatic carbocycles. The van der Waals surface area contributed by atoms with Gasteiger partial charge in [0.05, 0.1) is 28.8 Å². The first-order valence-corrected chi connectivity index (χ1v) is 16.2. The number of piperazine rings is 1.